The van der Waals surface area contributed by atoms with Crippen LogP contribution in [0.5, 0.6) is 0 Å². The van der Waals surface area contributed by atoms with Crippen molar-refractivity contribution in [1.82, 2.24) is 0 Å². The number of benzene rings is 2. The number of nitrogens with two attached hydrogens (primary N) is 1. The molecule has 2 aromatic carbocycles. The molecular formula is C16H19N. The molecule has 3 unspecified atom stereocenters. The van der Waals surface area contributed by atoms with Crippen LogP contribution in [0.3, 0.4) is 0 Å². The van der Waals surface area contributed by atoms with Crippen molar-refractivity contribution in [3.63, 3.8) is 0 Å². The Balaban J connectivity index is 1.96. The first-order valence-electron chi connectivity index (χ1n) is 6.54. The molecule has 0 saturated heterocycles. The van der Waals surface area contributed by atoms with Crippen LogP contribution in [0.4, 0.5) is 0 Å². The summed E-state index contributed by atoms with van der Waals surface area (Å²) in [6.07, 6.45) is 2.34. The Bertz CT molecular complexity index is 532. The molecule has 0 radical (unpaired) electrons. The largest absolute Gasteiger partial charge is 0.327 e. The highest BCUT2D eigenvalue weighted by molar-refractivity contribution is 5.83. The molecule has 3 atom stereocenters. The Morgan fingerprint density at radius 3 is 2.59 bits per heavy atom. The molecule has 17 heavy (non-hydrogen) atoms. The maximum Gasteiger partial charge on any atom is 0.00788 e. The number of hydrogen-bond acceptors (Lipinski definition) is 1. The van der Waals surface area contributed by atoms with E-state index in [1.165, 1.54) is 22.8 Å². The van der Waals surface area contributed by atoms with Crippen LogP contribution in [0.2, 0.25) is 0 Å². The molecule has 3 rings (SSSR count). The van der Waals surface area contributed by atoms with Crippen molar-refractivity contribution in [3.8, 4) is 0 Å². The maximum absolute atomic E-state index is 6.07. The van der Waals surface area contributed by atoms with Crippen LogP contribution in [0.1, 0.15) is 31.2 Å². The lowest BCUT2D eigenvalue weighted by molar-refractivity contribution is 0.198. The normalized spacial score (nSPS) is 28.0. The minimum atomic E-state index is 0.413. The Hall–Kier alpha value is -1.34. The fourth-order valence-electron chi connectivity index (χ4n) is 3.15. The SMILES string of the molecule is CCC1C(N)CC1c1ccc2ccccc2c1. The molecular weight excluding hydrogens is 206 g/mol. The molecule has 0 bridgehead atoms. The third-order valence-corrected chi connectivity index (χ3v) is 4.27. The highest BCUT2D eigenvalue weighted by Gasteiger charge is 2.37. The zero-order valence-corrected chi connectivity index (χ0v) is 10.3. The van der Waals surface area contributed by atoms with Gasteiger partial charge in [-0.05, 0) is 34.6 Å². The number of fused-ring (bicyclic) bond motifs is 1. The van der Waals surface area contributed by atoms with Crippen LogP contribution in [-0.4, -0.2) is 6.04 Å². The highest BCUT2D eigenvalue weighted by Crippen LogP contribution is 2.43. The molecule has 1 nitrogen and oxygen atoms in total. The quantitative estimate of drug-likeness (QED) is 0.829. The summed E-state index contributed by atoms with van der Waals surface area (Å²) in [5, 5.41) is 2.67. The second kappa shape index (κ2) is 4.15. The summed E-state index contributed by atoms with van der Waals surface area (Å²) in [5.41, 5.74) is 7.54. The second-order valence-electron chi connectivity index (χ2n) is 5.18. The van der Waals surface area contributed by atoms with Gasteiger partial charge in [0.25, 0.3) is 0 Å². The van der Waals surface area contributed by atoms with Gasteiger partial charge in [-0.15, -0.1) is 0 Å². The van der Waals surface area contributed by atoms with Gasteiger partial charge in [0.15, 0.2) is 0 Å². The predicted molar refractivity (Wildman–Crippen MR) is 73.1 cm³/mol. The molecule has 1 saturated carbocycles. The van der Waals surface area contributed by atoms with Gasteiger partial charge in [0.05, 0.1) is 0 Å². The Labute approximate surface area is 103 Å². The van der Waals surface area contributed by atoms with Crippen LogP contribution in [0.25, 0.3) is 10.8 Å². The van der Waals surface area contributed by atoms with Gasteiger partial charge in [0, 0.05) is 6.04 Å². The van der Waals surface area contributed by atoms with Crippen molar-refractivity contribution in [3.05, 3.63) is 48.0 Å². The summed E-state index contributed by atoms with van der Waals surface area (Å²) in [7, 11) is 0. The molecule has 1 aliphatic rings. The molecule has 1 fully saturated rings. The van der Waals surface area contributed by atoms with E-state index in [0.29, 0.717) is 17.9 Å². The van der Waals surface area contributed by atoms with E-state index in [0.717, 1.165) is 6.42 Å². The predicted octanol–water partition coefficient (Wildman–Crippen LogP) is 3.68. The molecule has 88 valence electrons. The van der Waals surface area contributed by atoms with Gasteiger partial charge < -0.3 is 5.73 Å². The van der Waals surface area contributed by atoms with Crippen molar-refractivity contribution in [2.45, 2.75) is 31.7 Å². The van der Waals surface area contributed by atoms with Crippen molar-refractivity contribution in [2.24, 2.45) is 11.7 Å². The van der Waals surface area contributed by atoms with Gasteiger partial charge in [-0.25, -0.2) is 0 Å². The molecule has 1 heteroatoms. The first-order valence-corrected chi connectivity index (χ1v) is 6.54. The van der Waals surface area contributed by atoms with Gasteiger partial charge in [-0.2, -0.15) is 0 Å². The Morgan fingerprint density at radius 1 is 1.12 bits per heavy atom. The molecule has 0 heterocycles. The van der Waals surface area contributed by atoms with Crippen LogP contribution in [0.15, 0.2) is 42.5 Å². The molecule has 0 amide bonds. The van der Waals surface area contributed by atoms with Gasteiger partial charge in [0.2, 0.25) is 0 Å². The average molecular weight is 225 g/mol. The van der Waals surface area contributed by atoms with E-state index in [1.807, 2.05) is 0 Å². The molecule has 0 spiro atoms. The van der Waals surface area contributed by atoms with E-state index in [9.17, 15) is 0 Å². The summed E-state index contributed by atoms with van der Waals surface area (Å²) >= 11 is 0. The molecule has 1 aliphatic carbocycles. The zero-order chi connectivity index (χ0) is 11.8. The molecule has 0 aromatic heterocycles. The van der Waals surface area contributed by atoms with E-state index in [4.69, 9.17) is 5.73 Å². The highest BCUT2D eigenvalue weighted by atomic mass is 14.7. The lowest BCUT2D eigenvalue weighted by Crippen LogP contribution is -2.45. The van der Waals surface area contributed by atoms with Crippen LogP contribution < -0.4 is 5.73 Å². The monoisotopic (exact) mass is 225 g/mol. The second-order valence-corrected chi connectivity index (χ2v) is 5.18. The lowest BCUT2D eigenvalue weighted by Gasteiger charge is -2.43. The fourth-order valence-corrected chi connectivity index (χ4v) is 3.15. The van der Waals surface area contributed by atoms with Crippen LogP contribution in [-0.2, 0) is 0 Å². The fraction of sp³-hybridized carbons (Fsp3) is 0.375. The third-order valence-electron chi connectivity index (χ3n) is 4.27. The Morgan fingerprint density at radius 2 is 1.88 bits per heavy atom. The third kappa shape index (κ3) is 1.75. The summed E-state index contributed by atoms with van der Waals surface area (Å²) in [5.74, 6) is 1.36. The van der Waals surface area contributed by atoms with Gasteiger partial charge in [-0.1, -0.05) is 55.8 Å². The summed E-state index contributed by atoms with van der Waals surface area (Å²) in [6.45, 7) is 2.25. The maximum atomic E-state index is 6.07. The minimum Gasteiger partial charge on any atom is -0.327 e. The van der Waals surface area contributed by atoms with Crippen molar-refractivity contribution in [2.75, 3.05) is 0 Å². The van der Waals surface area contributed by atoms with Gasteiger partial charge >= 0.3 is 0 Å². The van der Waals surface area contributed by atoms with Crippen molar-refractivity contribution < 1.29 is 0 Å². The smallest absolute Gasteiger partial charge is 0.00788 e. The Kier molecular flexibility index (Phi) is 2.64. The minimum absolute atomic E-state index is 0.413. The first-order chi connectivity index (χ1) is 8.29. The molecule has 2 aromatic rings. The molecule has 0 aliphatic heterocycles. The summed E-state index contributed by atoms with van der Waals surface area (Å²) < 4.78 is 0. The lowest BCUT2D eigenvalue weighted by atomic mass is 9.65. The van der Waals surface area contributed by atoms with Crippen molar-refractivity contribution >= 4 is 10.8 Å². The first kappa shape index (κ1) is 10.8. The topological polar surface area (TPSA) is 26.0 Å². The summed E-state index contributed by atoms with van der Waals surface area (Å²) in [6, 6.07) is 15.8. The van der Waals surface area contributed by atoms with E-state index in [1.54, 1.807) is 0 Å². The summed E-state index contributed by atoms with van der Waals surface area (Å²) in [4.78, 5) is 0. The number of rotatable bonds is 2. The van der Waals surface area contributed by atoms with E-state index < -0.39 is 0 Å². The van der Waals surface area contributed by atoms with Gasteiger partial charge in [0.1, 0.15) is 0 Å². The average Bonchev–Trinajstić information content (AvgIpc) is 2.36. The van der Waals surface area contributed by atoms with Crippen molar-refractivity contribution in [1.29, 1.82) is 0 Å². The zero-order valence-electron chi connectivity index (χ0n) is 10.3. The van der Waals surface area contributed by atoms with E-state index >= 15 is 0 Å². The molecule has 2 N–H and O–H groups in total. The van der Waals surface area contributed by atoms with Gasteiger partial charge in [-0.3, -0.25) is 0 Å². The van der Waals surface area contributed by atoms with E-state index in [-0.39, 0.29) is 0 Å². The van der Waals surface area contributed by atoms with Crippen LogP contribution >= 0.6 is 0 Å². The van der Waals surface area contributed by atoms with Crippen LogP contribution in [0, 0.1) is 5.92 Å². The standard InChI is InChI=1S/C16H19N/c1-2-14-15(10-16(14)17)13-8-7-11-5-3-4-6-12(11)9-13/h3-9,14-16H,2,10,17H2,1H3. The van der Waals surface area contributed by atoms with E-state index in [2.05, 4.69) is 49.4 Å². The number of hydrogen-bond donors (Lipinski definition) is 1.